The third kappa shape index (κ3) is 4.09. The molecule has 1 fully saturated rings. The van der Waals surface area contributed by atoms with Gasteiger partial charge in [0.05, 0.1) is 6.20 Å². The van der Waals surface area contributed by atoms with Gasteiger partial charge < -0.3 is 9.84 Å². The lowest BCUT2D eigenvalue weighted by molar-refractivity contribution is 0.0768. The van der Waals surface area contributed by atoms with Crippen LogP contribution in [0, 0.1) is 0 Å². The van der Waals surface area contributed by atoms with Crippen LogP contribution in [0.15, 0.2) is 42.7 Å². The maximum Gasteiger partial charge on any atom is 0.138 e. The van der Waals surface area contributed by atoms with E-state index in [0.29, 0.717) is 6.04 Å². The Bertz CT molecular complexity index is 645. The summed E-state index contributed by atoms with van der Waals surface area (Å²) < 4.78 is 5.90. The van der Waals surface area contributed by atoms with Crippen LogP contribution in [0.3, 0.4) is 0 Å². The summed E-state index contributed by atoms with van der Waals surface area (Å²) in [5.74, 6) is 0.823. The average molecular weight is 312 g/mol. The molecule has 2 aromatic rings. The maximum absolute atomic E-state index is 8.97. The largest absolute Gasteiger partial charge is 0.490 e. The fourth-order valence-electron chi connectivity index (χ4n) is 2.82. The van der Waals surface area contributed by atoms with Gasteiger partial charge in [-0.25, -0.2) is 0 Å². The first-order valence-electron chi connectivity index (χ1n) is 8.24. The van der Waals surface area contributed by atoms with E-state index in [1.54, 1.807) is 6.20 Å². The lowest BCUT2D eigenvalue weighted by atomic mass is 10.0. The third-order valence-corrected chi connectivity index (χ3v) is 4.48. The first kappa shape index (κ1) is 16.0. The molecule has 0 saturated carbocycles. The summed E-state index contributed by atoms with van der Waals surface area (Å²) in [6.07, 6.45) is 6.53. The minimum atomic E-state index is 0.227. The molecule has 0 radical (unpaired) electrons. The molecular formula is C19H24N2O2. The van der Waals surface area contributed by atoms with Gasteiger partial charge in [0.15, 0.2) is 0 Å². The molecule has 3 rings (SSSR count). The first-order valence-corrected chi connectivity index (χ1v) is 8.24. The molecule has 1 aliphatic rings. The van der Waals surface area contributed by atoms with E-state index in [0.717, 1.165) is 42.9 Å². The van der Waals surface area contributed by atoms with E-state index in [1.807, 2.05) is 6.20 Å². The number of aromatic nitrogens is 1. The predicted octanol–water partition coefficient (Wildman–Crippen LogP) is 2.76. The second-order valence-electron chi connectivity index (χ2n) is 6.17. The quantitative estimate of drug-likeness (QED) is 0.854. The van der Waals surface area contributed by atoms with Crippen LogP contribution in [0.4, 0.5) is 0 Å². The Labute approximate surface area is 137 Å². The van der Waals surface area contributed by atoms with Crippen molar-refractivity contribution in [3.63, 3.8) is 0 Å². The van der Waals surface area contributed by atoms with Crippen molar-refractivity contribution in [2.24, 2.45) is 0 Å². The van der Waals surface area contributed by atoms with Gasteiger partial charge >= 0.3 is 0 Å². The number of nitrogens with zero attached hydrogens (tertiary/aromatic N) is 2. The molecule has 1 atom stereocenters. The van der Waals surface area contributed by atoms with E-state index >= 15 is 0 Å². The Kier molecular flexibility index (Phi) is 5.26. The molecule has 1 aromatic heterocycles. The number of aliphatic hydroxyl groups is 1. The number of benzene rings is 1. The smallest absolute Gasteiger partial charge is 0.138 e. The molecule has 4 nitrogen and oxygen atoms in total. The van der Waals surface area contributed by atoms with Crippen molar-refractivity contribution >= 4 is 0 Å². The molecule has 4 heteroatoms. The molecule has 0 unspecified atom stereocenters. The van der Waals surface area contributed by atoms with Crippen LogP contribution in [-0.4, -0.2) is 47.8 Å². The Morgan fingerprint density at radius 1 is 1.26 bits per heavy atom. The molecule has 1 N–H and O–H groups in total. The predicted molar refractivity (Wildman–Crippen MR) is 91.6 cm³/mol. The Balaban J connectivity index is 1.68. The lowest BCUT2D eigenvalue weighted by Crippen LogP contribution is -2.48. The summed E-state index contributed by atoms with van der Waals surface area (Å²) in [6, 6.07) is 11.0. The molecule has 23 heavy (non-hydrogen) atoms. The zero-order valence-electron chi connectivity index (χ0n) is 13.6. The standard InChI is InChI=1S/C19H24N2O2/c1-21-8-7-18(21)14-23-19-11-17(12-20-13-19)16-6-2-4-15(10-16)5-3-9-22/h2,4,6,10-13,18,22H,3,5,7-9,14H2,1H3/t18-/m0/s1. The Morgan fingerprint density at radius 2 is 2.17 bits per heavy atom. The van der Waals surface area contributed by atoms with E-state index in [9.17, 15) is 0 Å². The maximum atomic E-state index is 8.97. The van der Waals surface area contributed by atoms with Crippen LogP contribution in [0.25, 0.3) is 11.1 Å². The van der Waals surface area contributed by atoms with Crippen LogP contribution in [0.1, 0.15) is 18.4 Å². The number of rotatable bonds is 7. The van der Waals surface area contributed by atoms with Gasteiger partial charge in [-0.2, -0.15) is 0 Å². The second-order valence-corrected chi connectivity index (χ2v) is 6.17. The minimum Gasteiger partial charge on any atom is -0.490 e. The average Bonchev–Trinajstić information content (AvgIpc) is 2.59. The zero-order chi connectivity index (χ0) is 16.1. The van der Waals surface area contributed by atoms with Gasteiger partial charge in [-0.05, 0) is 50.0 Å². The van der Waals surface area contributed by atoms with Gasteiger partial charge in [-0.15, -0.1) is 0 Å². The molecule has 0 amide bonds. The van der Waals surface area contributed by atoms with E-state index in [-0.39, 0.29) is 6.61 Å². The monoisotopic (exact) mass is 312 g/mol. The van der Waals surface area contributed by atoms with Crippen LogP contribution in [0.2, 0.25) is 0 Å². The fourth-order valence-corrected chi connectivity index (χ4v) is 2.82. The van der Waals surface area contributed by atoms with Crippen LogP contribution in [-0.2, 0) is 6.42 Å². The van der Waals surface area contributed by atoms with E-state index in [2.05, 4.69) is 47.3 Å². The molecular weight excluding hydrogens is 288 g/mol. The van der Waals surface area contributed by atoms with Gasteiger partial charge in [0, 0.05) is 24.4 Å². The molecule has 1 aromatic carbocycles. The third-order valence-electron chi connectivity index (χ3n) is 4.48. The molecule has 2 heterocycles. The summed E-state index contributed by atoms with van der Waals surface area (Å²) >= 11 is 0. The van der Waals surface area contributed by atoms with Crippen molar-refractivity contribution in [2.75, 3.05) is 26.8 Å². The Hall–Kier alpha value is -1.91. The van der Waals surface area contributed by atoms with Crippen molar-refractivity contribution in [3.05, 3.63) is 48.3 Å². The van der Waals surface area contributed by atoms with Crippen molar-refractivity contribution in [3.8, 4) is 16.9 Å². The number of hydrogen-bond acceptors (Lipinski definition) is 4. The highest BCUT2D eigenvalue weighted by molar-refractivity contribution is 5.64. The highest BCUT2D eigenvalue weighted by Gasteiger charge is 2.24. The SMILES string of the molecule is CN1CC[C@H]1COc1cncc(-c2cccc(CCCO)c2)c1. The van der Waals surface area contributed by atoms with E-state index in [4.69, 9.17) is 9.84 Å². The lowest BCUT2D eigenvalue weighted by Gasteiger charge is -2.37. The molecule has 1 aliphatic heterocycles. The van der Waals surface area contributed by atoms with Crippen molar-refractivity contribution in [1.82, 2.24) is 9.88 Å². The number of aliphatic hydroxyl groups excluding tert-OH is 1. The normalized spacial score (nSPS) is 17.7. The molecule has 1 saturated heterocycles. The summed E-state index contributed by atoms with van der Waals surface area (Å²) in [4.78, 5) is 6.62. The number of aryl methyl sites for hydroxylation is 1. The van der Waals surface area contributed by atoms with Crippen LogP contribution < -0.4 is 4.74 Å². The number of hydrogen-bond donors (Lipinski definition) is 1. The number of likely N-dealkylation sites (tertiary alicyclic amines) is 1. The highest BCUT2D eigenvalue weighted by Crippen LogP contribution is 2.25. The molecule has 0 aliphatic carbocycles. The van der Waals surface area contributed by atoms with Crippen molar-refractivity contribution in [1.29, 1.82) is 0 Å². The number of likely N-dealkylation sites (N-methyl/N-ethyl adjacent to an activating group) is 1. The van der Waals surface area contributed by atoms with Crippen LogP contribution >= 0.6 is 0 Å². The topological polar surface area (TPSA) is 45.6 Å². The second kappa shape index (κ2) is 7.57. The molecule has 122 valence electrons. The van der Waals surface area contributed by atoms with Gasteiger partial charge in [0.1, 0.15) is 12.4 Å². The minimum absolute atomic E-state index is 0.227. The van der Waals surface area contributed by atoms with E-state index < -0.39 is 0 Å². The zero-order valence-corrected chi connectivity index (χ0v) is 13.6. The fraction of sp³-hybridized carbons (Fsp3) is 0.421. The number of pyridine rings is 1. The first-order chi connectivity index (χ1) is 11.3. The van der Waals surface area contributed by atoms with Gasteiger partial charge in [0.25, 0.3) is 0 Å². The van der Waals surface area contributed by atoms with Gasteiger partial charge in [-0.1, -0.05) is 24.3 Å². The Morgan fingerprint density at radius 3 is 2.91 bits per heavy atom. The summed E-state index contributed by atoms with van der Waals surface area (Å²) in [5.41, 5.74) is 3.44. The highest BCUT2D eigenvalue weighted by atomic mass is 16.5. The van der Waals surface area contributed by atoms with Crippen molar-refractivity contribution < 1.29 is 9.84 Å². The number of ether oxygens (including phenoxy) is 1. The molecule has 0 bridgehead atoms. The van der Waals surface area contributed by atoms with Crippen LogP contribution in [0.5, 0.6) is 5.75 Å². The van der Waals surface area contributed by atoms with E-state index in [1.165, 1.54) is 12.0 Å². The van der Waals surface area contributed by atoms with Gasteiger partial charge in [0.2, 0.25) is 0 Å². The van der Waals surface area contributed by atoms with Crippen molar-refractivity contribution in [2.45, 2.75) is 25.3 Å². The summed E-state index contributed by atoms with van der Waals surface area (Å²) in [6.45, 7) is 2.11. The van der Waals surface area contributed by atoms with Gasteiger partial charge in [-0.3, -0.25) is 9.88 Å². The summed E-state index contributed by atoms with van der Waals surface area (Å²) in [5, 5.41) is 8.97. The summed E-state index contributed by atoms with van der Waals surface area (Å²) in [7, 11) is 2.13. The molecule has 0 spiro atoms.